The number of aromatic amines is 1. The van der Waals surface area contributed by atoms with Crippen LogP contribution in [0.5, 0.6) is 5.75 Å². The molecular weight excluding hydrogens is 378 g/mol. The van der Waals surface area contributed by atoms with E-state index in [9.17, 15) is 4.79 Å². The van der Waals surface area contributed by atoms with Crippen LogP contribution in [0.3, 0.4) is 0 Å². The highest BCUT2D eigenvalue weighted by Crippen LogP contribution is 2.27. The minimum atomic E-state index is -0.192. The molecule has 0 aliphatic rings. The molecule has 0 spiro atoms. The van der Waals surface area contributed by atoms with Crippen LogP contribution in [0.4, 0.5) is 0 Å². The zero-order chi connectivity index (χ0) is 19.2. The van der Waals surface area contributed by atoms with E-state index in [0.717, 1.165) is 33.9 Å². The lowest BCUT2D eigenvalue weighted by molar-refractivity contribution is 0.0931. The number of ether oxygens (including phenoxy) is 1. The van der Waals surface area contributed by atoms with Gasteiger partial charge in [0.2, 0.25) is 0 Å². The van der Waals surface area contributed by atoms with Gasteiger partial charge in [-0.05, 0) is 55.0 Å². The van der Waals surface area contributed by atoms with E-state index in [-0.39, 0.29) is 11.9 Å². The fourth-order valence-electron chi connectivity index (χ4n) is 2.87. The number of imidazole rings is 1. The minimum Gasteiger partial charge on any atom is -0.496 e. The van der Waals surface area contributed by atoms with Gasteiger partial charge in [-0.25, -0.2) is 4.98 Å². The molecule has 1 amide bonds. The van der Waals surface area contributed by atoms with Gasteiger partial charge in [0.15, 0.2) is 0 Å². The standard InChI is InChI=1S/C20H23N3O2S2/c1-25-18-12-13(27-3)8-9-14(18)20(24)23-17(10-11-26-2)19-21-15-6-4-5-7-16(15)22-19/h4-9,12,17H,10-11H2,1-3H3,(H,21,22)(H,23,24). The average molecular weight is 402 g/mol. The van der Waals surface area contributed by atoms with Crippen molar-refractivity contribution >= 4 is 40.5 Å². The number of H-pyrrole nitrogens is 1. The van der Waals surface area contributed by atoms with Crippen molar-refractivity contribution < 1.29 is 9.53 Å². The molecule has 0 saturated heterocycles. The molecule has 142 valence electrons. The predicted octanol–water partition coefficient (Wildman–Crippen LogP) is 4.52. The van der Waals surface area contributed by atoms with Crippen LogP contribution in [-0.4, -0.2) is 41.2 Å². The molecule has 2 N–H and O–H groups in total. The number of amides is 1. The van der Waals surface area contributed by atoms with Crippen LogP contribution >= 0.6 is 23.5 Å². The number of methoxy groups -OCH3 is 1. The third kappa shape index (κ3) is 4.59. The Labute approximate surface area is 167 Å². The van der Waals surface area contributed by atoms with Crippen molar-refractivity contribution in [1.29, 1.82) is 0 Å². The van der Waals surface area contributed by atoms with Gasteiger partial charge in [-0.15, -0.1) is 11.8 Å². The van der Waals surface area contributed by atoms with E-state index in [4.69, 9.17) is 4.74 Å². The van der Waals surface area contributed by atoms with Crippen LogP contribution in [-0.2, 0) is 0 Å². The molecule has 0 aliphatic heterocycles. The number of aromatic nitrogens is 2. The number of rotatable bonds is 8. The highest BCUT2D eigenvalue weighted by Gasteiger charge is 2.21. The van der Waals surface area contributed by atoms with Gasteiger partial charge < -0.3 is 15.0 Å². The summed E-state index contributed by atoms with van der Waals surface area (Å²) in [7, 11) is 1.58. The Morgan fingerprint density at radius 1 is 1.26 bits per heavy atom. The van der Waals surface area contributed by atoms with Crippen LogP contribution in [0.1, 0.15) is 28.6 Å². The minimum absolute atomic E-state index is 0.161. The van der Waals surface area contributed by atoms with Crippen LogP contribution in [0, 0.1) is 0 Å². The zero-order valence-electron chi connectivity index (χ0n) is 15.6. The van der Waals surface area contributed by atoms with E-state index in [0.29, 0.717) is 11.3 Å². The first-order chi connectivity index (χ1) is 13.2. The highest BCUT2D eigenvalue weighted by atomic mass is 32.2. The Kier molecular flexibility index (Phi) is 6.68. The molecular formula is C20H23N3O2S2. The number of carbonyl (C=O) groups is 1. The maximum atomic E-state index is 12.9. The fraction of sp³-hybridized carbons (Fsp3) is 0.300. The molecule has 0 bridgehead atoms. The number of nitrogens with one attached hydrogen (secondary N) is 2. The molecule has 2 aromatic carbocycles. The monoisotopic (exact) mass is 401 g/mol. The summed E-state index contributed by atoms with van der Waals surface area (Å²) < 4.78 is 5.42. The largest absolute Gasteiger partial charge is 0.496 e. The van der Waals surface area contributed by atoms with Crippen molar-refractivity contribution in [3.8, 4) is 5.75 Å². The summed E-state index contributed by atoms with van der Waals surface area (Å²) in [5.74, 6) is 2.11. The summed E-state index contributed by atoms with van der Waals surface area (Å²) in [5.41, 5.74) is 2.40. The van der Waals surface area contributed by atoms with Crippen LogP contribution in [0.2, 0.25) is 0 Å². The van der Waals surface area contributed by atoms with Crippen LogP contribution in [0.15, 0.2) is 47.4 Å². The van der Waals surface area contributed by atoms with Crippen molar-refractivity contribution in [3.05, 3.63) is 53.9 Å². The van der Waals surface area contributed by atoms with Gasteiger partial charge in [0.1, 0.15) is 11.6 Å². The fourth-order valence-corrected chi connectivity index (χ4v) is 3.77. The molecule has 7 heteroatoms. The third-order valence-electron chi connectivity index (χ3n) is 4.31. The Balaban J connectivity index is 1.87. The molecule has 1 aromatic heterocycles. The second kappa shape index (κ2) is 9.19. The summed E-state index contributed by atoms with van der Waals surface area (Å²) >= 11 is 3.36. The molecule has 3 rings (SSSR count). The maximum absolute atomic E-state index is 12.9. The van der Waals surface area contributed by atoms with Crippen molar-refractivity contribution in [1.82, 2.24) is 15.3 Å². The molecule has 1 unspecified atom stereocenters. The molecule has 27 heavy (non-hydrogen) atoms. The number of hydrogen-bond acceptors (Lipinski definition) is 5. The number of hydrogen-bond donors (Lipinski definition) is 2. The van der Waals surface area contributed by atoms with Gasteiger partial charge >= 0.3 is 0 Å². The zero-order valence-corrected chi connectivity index (χ0v) is 17.2. The van der Waals surface area contributed by atoms with Gasteiger partial charge in [-0.3, -0.25) is 4.79 Å². The van der Waals surface area contributed by atoms with Gasteiger partial charge in [-0.1, -0.05) is 12.1 Å². The number of para-hydroxylation sites is 2. The van der Waals surface area contributed by atoms with Crippen molar-refractivity contribution in [2.75, 3.05) is 25.4 Å². The first kappa shape index (κ1) is 19.6. The predicted molar refractivity (Wildman–Crippen MR) is 114 cm³/mol. The van der Waals surface area contributed by atoms with Crippen molar-refractivity contribution in [2.45, 2.75) is 17.4 Å². The molecule has 0 fully saturated rings. The van der Waals surface area contributed by atoms with Gasteiger partial charge in [0.05, 0.1) is 29.7 Å². The SMILES string of the molecule is COc1cc(SC)ccc1C(=O)NC(CCSC)c1nc2ccccc2[nH]1. The number of benzene rings is 2. The molecule has 1 atom stereocenters. The molecule has 0 aliphatic carbocycles. The lowest BCUT2D eigenvalue weighted by Crippen LogP contribution is -2.30. The van der Waals surface area contributed by atoms with Crippen LogP contribution < -0.4 is 10.1 Å². The number of nitrogens with zero attached hydrogens (tertiary/aromatic N) is 1. The maximum Gasteiger partial charge on any atom is 0.255 e. The smallest absolute Gasteiger partial charge is 0.255 e. The average Bonchev–Trinajstić information content (AvgIpc) is 3.14. The van der Waals surface area contributed by atoms with Crippen molar-refractivity contribution in [2.24, 2.45) is 0 Å². The Hall–Kier alpha value is -2.12. The summed E-state index contributed by atoms with van der Waals surface area (Å²) in [4.78, 5) is 22.0. The van der Waals surface area contributed by atoms with E-state index >= 15 is 0 Å². The third-order valence-corrected chi connectivity index (χ3v) is 5.68. The molecule has 3 aromatic rings. The van der Waals surface area contributed by atoms with E-state index in [1.54, 1.807) is 30.6 Å². The second-order valence-electron chi connectivity index (χ2n) is 6.01. The Morgan fingerprint density at radius 3 is 2.78 bits per heavy atom. The Bertz CT molecular complexity index is 893. The Morgan fingerprint density at radius 2 is 2.07 bits per heavy atom. The molecule has 0 saturated carbocycles. The number of carbonyl (C=O) groups excluding carboxylic acids is 1. The summed E-state index contributed by atoms with van der Waals surface area (Å²) in [6.45, 7) is 0. The molecule has 1 heterocycles. The second-order valence-corrected chi connectivity index (χ2v) is 7.88. The summed E-state index contributed by atoms with van der Waals surface area (Å²) in [6.07, 6.45) is 4.84. The lowest BCUT2D eigenvalue weighted by atomic mass is 10.1. The lowest BCUT2D eigenvalue weighted by Gasteiger charge is -2.17. The van der Waals surface area contributed by atoms with E-state index in [2.05, 4.69) is 21.5 Å². The quantitative estimate of drug-likeness (QED) is 0.543. The number of fused-ring (bicyclic) bond motifs is 1. The molecule has 5 nitrogen and oxygen atoms in total. The van der Waals surface area contributed by atoms with E-state index in [1.165, 1.54) is 0 Å². The number of thioether (sulfide) groups is 2. The van der Waals surface area contributed by atoms with Crippen LogP contribution in [0.25, 0.3) is 11.0 Å². The normalized spacial score (nSPS) is 12.1. The summed E-state index contributed by atoms with van der Waals surface area (Å²) in [5, 5.41) is 3.12. The van der Waals surface area contributed by atoms with Gasteiger partial charge in [-0.2, -0.15) is 11.8 Å². The first-order valence-corrected chi connectivity index (χ1v) is 11.2. The van der Waals surface area contributed by atoms with E-state index < -0.39 is 0 Å². The van der Waals surface area contributed by atoms with Gasteiger partial charge in [0, 0.05) is 4.90 Å². The van der Waals surface area contributed by atoms with Gasteiger partial charge in [0.25, 0.3) is 5.91 Å². The molecule has 0 radical (unpaired) electrons. The highest BCUT2D eigenvalue weighted by molar-refractivity contribution is 7.98. The van der Waals surface area contributed by atoms with Crippen molar-refractivity contribution in [3.63, 3.8) is 0 Å². The first-order valence-electron chi connectivity index (χ1n) is 8.62. The van der Waals surface area contributed by atoms with E-state index in [1.807, 2.05) is 48.7 Å². The summed E-state index contributed by atoms with van der Waals surface area (Å²) in [6, 6.07) is 13.3. The topological polar surface area (TPSA) is 67.0 Å².